The van der Waals surface area contributed by atoms with Gasteiger partial charge in [0.2, 0.25) is 5.91 Å². The molecule has 0 aromatic heterocycles. The lowest BCUT2D eigenvalue weighted by molar-refractivity contribution is -0.127. The van der Waals surface area contributed by atoms with Crippen LogP contribution in [0.4, 0.5) is 0 Å². The van der Waals surface area contributed by atoms with Gasteiger partial charge in [-0.1, -0.05) is 30.3 Å². The van der Waals surface area contributed by atoms with E-state index >= 15 is 0 Å². The molecule has 3 rings (SSSR count). The van der Waals surface area contributed by atoms with Crippen molar-refractivity contribution >= 4 is 35.8 Å². The number of hydrogen-bond donors (Lipinski definition) is 1. The lowest BCUT2D eigenvalue weighted by Crippen LogP contribution is -2.47. The number of halogens is 1. The van der Waals surface area contributed by atoms with E-state index in [1.807, 2.05) is 24.3 Å². The van der Waals surface area contributed by atoms with Gasteiger partial charge in [0.15, 0.2) is 17.5 Å². The number of ether oxygens (including phenoxy) is 2. The van der Waals surface area contributed by atoms with Crippen molar-refractivity contribution in [3.63, 3.8) is 0 Å². The number of nitrogens with one attached hydrogen (secondary N) is 1. The number of hydrogen-bond acceptors (Lipinski definition) is 4. The molecule has 0 saturated heterocycles. The van der Waals surface area contributed by atoms with Gasteiger partial charge in [0.05, 0.1) is 27.3 Å². The van der Waals surface area contributed by atoms with Crippen LogP contribution in [0, 0.1) is 0 Å². The van der Waals surface area contributed by atoms with Crippen LogP contribution >= 0.6 is 24.0 Å². The third-order valence-corrected chi connectivity index (χ3v) is 5.17. The van der Waals surface area contributed by atoms with Crippen LogP contribution < -0.4 is 14.8 Å². The molecule has 168 valence electrons. The fraction of sp³-hybridized carbons (Fsp3) is 0.391. The Labute approximate surface area is 201 Å². The molecule has 1 aliphatic heterocycles. The molecule has 1 aliphatic rings. The van der Waals surface area contributed by atoms with Crippen LogP contribution in [0.25, 0.3) is 0 Å². The molecule has 0 radical (unpaired) electrons. The molecule has 0 unspecified atom stereocenters. The average Bonchev–Trinajstić information content (AvgIpc) is 2.78. The largest absolute Gasteiger partial charge is 0.493 e. The summed E-state index contributed by atoms with van der Waals surface area (Å²) in [6.07, 6.45) is 0.864. The zero-order valence-electron chi connectivity index (χ0n) is 18.6. The van der Waals surface area contributed by atoms with E-state index in [2.05, 4.69) is 28.4 Å². The maximum atomic E-state index is 12.1. The Bertz CT molecular complexity index is 903. The highest BCUT2D eigenvalue weighted by atomic mass is 127. The summed E-state index contributed by atoms with van der Waals surface area (Å²) in [7, 11) is 6.80. The average molecular weight is 538 g/mol. The minimum Gasteiger partial charge on any atom is -0.493 e. The number of benzene rings is 2. The Kier molecular flexibility index (Phi) is 9.42. The summed E-state index contributed by atoms with van der Waals surface area (Å²) < 4.78 is 10.9. The van der Waals surface area contributed by atoms with E-state index in [0.717, 1.165) is 36.0 Å². The molecule has 31 heavy (non-hydrogen) atoms. The minimum absolute atomic E-state index is 0. The maximum Gasteiger partial charge on any atom is 0.241 e. The van der Waals surface area contributed by atoms with E-state index in [1.165, 1.54) is 11.1 Å². The molecule has 1 heterocycles. The molecule has 0 spiro atoms. The van der Waals surface area contributed by atoms with Crippen molar-refractivity contribution in [2.45, 2.75) is 19.5 Å². The Morgan fingerprint density at radius 3 is 2.35 bits per heavy atom. The van der Waals surface area contributed by atoms with Gasteiger partial charge in [-0.05, 0) is 35.2 Å². The quantitative estimate of drug-likeness (QED) is 0.348. The number of rotatable bonds is 6. The number of guanidine groups is 1. The molecule has 1 N–H and O–H groups in total. The standard InChI is InChI=1S/C23H30N4O3.HI/c1-26(2)22(28)15-25-23(24-14-17-8-6-5-7-9-17)27-11-10-18-12-20(29-3)21(30-4)13-19(18)16-27;/h5-9,12-13H,10-11,14-16H2,1-4H3,(H,24,25);1H. The monoisotopic (exact) mass is 538 g/mol. The third-order valence-electron chi connectivity index (χ3n) is 5.17. The molecule has 1 amide bonds. The predicted molar refractivity (Wildman–Crippen MR) is 133 cm³/mol. The van der Waals surface area contributed by atoms with E-state index in [9.17, 15) is 4.79 Å². The predicted octanol–water partition coefficient (Wildman–Crippen LogP) is 2.91. The van der Waals surface area contributed by atoms with E-state index in [4.69, 9.17) is 14.5 Å². The molecule has 2 aromatic rings. The number of carbonyl (C=O) groups excluding carboxylic acids is 1. The summed E-state index contributed by atoms with van der Waals surface area (Å²) in [5.74, 6) is 2.20. The molecule has 0 bridgehead atoms. The minimum atomic E-state index is 0. The first-order chi connectivity index (χ1) is 14.5. The molecular weight excluding hydrogens is 507 g/mol. The van der Waals surface area contributed by atoms with Crippen molar-refractivity contribution in [2.75, 3.05) is 41.4 Å². The van der Waals surface area contributed by atoms with Gasteiger partial charge in [-0.2, -0.15) is 0 Å². The highest BCUT2D eigenvalue weighted by molar-refractivity contribution is 14.0. The van der Waals surface area contributed by atoms with Crippen LogP contribution in [-0.2, 0) is 24.3 Å². The van der Waals surface area contributed by atoms with Crippen molar-refractivity contribution in [1.29, 1.82) is 0 Å². The molecule has 0 saturated carbocycles. The van der Waals surface area contributed by atoms with Gasteiger partial charge in [-0.3, -0.25) is 4.79 Å². The highest BCUT2D eigenvalue weighted by Gasteiger charge is 2.22. The van der Waals surface area contributed by atoms with E-state index in [1.54, 1.807) is 33.2 Å². The Morgan fingerprint density at radius 2 is 1.74 bits per heavy atom. The summed E-state index contributed by atoms with van der Waals surface area (Å²) in [5, 5.41) is 3.25. The van der Waals surface area contributed by atoms with Crippen molar-refractivity contribution in [3.05, 3.63) is 59.2 Å². The Morgan fingerprint density at radius 1 is 1.10 bits per heavy atom. The first-order valence-electron chi connectivity index (χ1n) is 10.0. The van der Waals surface area contributed by atoms with E-state index in [0.29, 0.717) is 13.1 Å². The molecule has 0 aliphatic carbocycles. The van der Waals surface area contributed by atoms with Crippen LogP contribution in [-0.4, -0.2) is 63.1 Å². The van der Waals surface area contributed by atoms with Crippen molar-refractivity contribution in [2.24, 2.45) is 4.99 Å². The SMILES string of the molecule is COc1cc2c(cc1OC)CN(C(=NCc1ccccc1)NCC(=O)N(C)C)CC2.I. The number of aliphatic imine (C=N–C) groups is 1. The van der Waals surface area contributed by atoms with E-state index in [-0.39, 0.29) is 36.4 Å². The summed E-state index contributed by atoms with van der Waals surface area (Å²) in [6.45, 7) is 2.25. The summed E-state index contributed by atoms with van der Waals surface area (Å²) >= 11 is 0. The van der Waals surface area contributed by atoms with Crippen LogP contribution in [0.5, 0.6) is 11.5 Å². The number of nitrogens with zero attached hydrogens (tertiary/aromatic N) is 3. The number of fused-ring (bicyclic) bond motifs is 1. The number of amides is 1. The van der Waals surface area contributed by atoms with Crippen LogP contribution in [0.3, 0.4) is 0 Å². The topological polar surface area (TPSA) is 66.4 Å². The molecule has 0 atom stereocenters. The fourth-order valence-corrected chi connectivity index (χ4v) is 3.39. The Hall–Kier alpha value is -2.49. The highest BCUT2D eigenvalue weighted by Crippen LogP contribution is 2.33. The van der Waals surface area contributed by atoms with Crippen LogP contribution in [0.2, 0.25) is 0 Å². The maximum absolute atomic E-state index is 12.1. The molecule has 7 nitrogen and oxygen atoms in total. The number of carbonyl (C=O) groups is 1. The zero-order chi connectivity index (χ0) is 21.5. The second kappa shape index (κ2) is 11.8. The van der Waals surface area contributed by atoms with Gasteiger partial charge in [-0.25, -0.2) is 4.99 Å². The second-order valence-corrected chi connectivity index (χ2v) is 7.41. The second-order valence-electron chi connectivity index (χ2n) is 7.41. The van der Waals surface area contributed by atoms with Gasteiger partial charge in [0, 0.05) is 27.2 Å². The first-order valence-corrected chi connectivity index (χ1v) is 10.0. The fourth-order valence-electron chi connectivity index (χ4n) is 3.39. The third kappa shape index (κ3) is 6.49. The molecule has 0 fully saturated rings. The van der Waals surface area contributed by atoms with Crippen LogP contribution in [0.15, 0.2) is 47.5 Å². The van der Waals surface area contributed by atoms with Gasteiger partial charge in [0.1, 0.15) is 0 Å². The van der Waals surface area contributed by atoms with Gasteiger partial charge in [0.25, 0.3) is 0 Å². The van der Waals surface area contributed by atoms with Crippen molar-refractivity contribution in [3.8, 4) is 11.5 Å². The van der Waals surface area contributed by atoms with Gasteiger partial charge < -0.3 is 24.6 Å². The van der Waals surface area contributed by atoms with Crippen molar-refractivity contribution < 1.29 is 14.3 Å². The molecule has 2 aromatic carbocycles. The summed E-state index contributed by atoms with van der Waals surface area (Å²) in [5.41, 5.74) is 3.54. The van der Waals surface area contributed by atoms with Gasteiger partial charge in [-0.15, -0.1) is 24.0 Å². The van der Waals surface area contributed by atoms with E-state index < -0.39 is 0 Å². The Balaban J connectivity index is 0.00000341. The summed E-state index contributed by atoms with van der Waals surface area (Å²) in [4.78, 5) is 20.7. The van der Waals surface area contributed by atoms with Gasteiger partial charge >= 0.3 is 0 Å². The summed E-state index contributed by atoms with van der Waals surface area (Å²) in [6, 6.07) is 14.2. The van der Waals surface area contributed by atoms with Crippen LogP contribution in [0.1, 0.15) is 16.7 Å². The lowest BCUT2D eigenvalue weighted by Gasteiger charge is -2.32. The molecular formula is C23H31IN4O3. The van der Waals surface area contributed by atoms with Crippen molar-refractivity contribution in [1.82, 2.24) is 15.1 Å². The lowest BCUT2D eigenvalue weighted by atomic mass is 9.99. The zero-order valence-corrected chi connectivity index (χ0v) is 20.9. The number of likely N-dealkylation sites (N-methyl/N-ethyl adjacent to an activating group) is 1. The normalized spacial score (nSPS) is 13.0. The smallest absolute Gasteiger partial charge is 0.241 e. The first kappa shape index (κ1) is 24.8. The number of methoxy groups -OCH3 is 2. The molecule has 8 heteroatoms.